The quantitative estimate of drug-likeness (QED) is 0.574. The summed E-state index contributed by atoms with van der Waals surface area (Å²) in [5.41, 5.74) is 4.48. The minimum atomic E-state index is -1.40. The first-order chi connectivity index (χ1) is 11.7. The van der Waals surface area contributed by atoms with Crippen molar-refractivity contribution >= 4 is 22.2 Å². The molecule has 0 saturated heterocycles. The van der Waals surface area contributed by atoms with Crippen LogP contribution in [0.15, 0.2) is 76.9 Å². The average molecular weight is 333 g/mol. The van der Waals surface area contributed by atoms with Crippen molar-refractivity contribution in [1.29, 1.82) is 0 Å². The van der Waals surface area contributed by atoms with Crippen LogP contribution in [0.1, 0.15) is 5.56 Å². The number of fused-ring (bicyclic) bond motifs is 1. The molecule has 0 saturated carbocycles. The van der Waals surface area contributed by atoms with Crippen molar-refractivity contribution in [2.24, 2.45) is 0 Å². The number of H-pyrrole nitrogens is 1. The van der Waals surface area contributed by atoms with E-state index >= 15 is 0 Å². The van der Waals surface area contributed by atoms with Gasteiger partial charge in [0, 0.05) is 6.20 Å². The molecule has 0 aliphatic rings. The van der Waals surface area contributed by atoms with Crippen LogP contribution in [0.3, 0.4) is 0 Å². The van der Waals surface area contributed by atoms with Gasteiger partial charge in [-0.05, 0) is 48.9 Å². The molecule has 24 heavy (non-hydrogen) atoms. The molecule has 0 radical (unpaired) electrons. The van der Waals surface area contributed by atoms with E-state index in [0.29, 0.717) is 10.1 Å². The summed E-state index contributed by atoms with van der Waals surface area (Å²) < 4.78 is 13.1. The maximum absolute atomic E-state index is 13.1. The highest BCUT2D eigenvalue weighted by molar-refractivity contribution is 7.91. The fraction of sp³-hybridized carbons (Fsp3) is 0.0526. The zero-order valence-corrected chi connectivity index (χ0v) is 13.9. The van der Waals surface area contributed by atoms with E-state index in [9.17, 15) is 4.55 Å². The van der Waals surface area contributed by atoms with Gasteiger partial charge in [-0.15, -0.1) is 0 Å². The lowest BCUT2D eigenvalue weighted by atomic mass is 10.1. The van der Waals surface area contributed by atoms with Gasteiger partial charge in [-0.3, -0.25) is 9.97 Å². The highest BCUT2D eigenvalue weighted by atomic mass is 32.2. The number of aromatic nitrogens is 3. The Morgan fingerprint density at radius 1 is 1.00 bits per heavy atom. The minimum Gasteiger partial charge on any atom is -0.604 e. The fourth-order valence-electron chi connectivity index (χ4n) is 2.64. The van der Waals surface area contributed by atoms with Gasteiger partial charge in [-0.2, -0.15) is 4.98 Å². The molecule has 0 spiro atoms. The van der Waals surface area contributed by atoms with Crippen LogP contribution in [0.4, 0.5) is 0 Å². The van der Waals surface area contributed by atoms with Crippen molar-refractivity contribution in [2.45, 2.75) is 17.0 Å². The Morgan fingerprint density at radius 3 is 2.62 bits per heavy atom. The molecule has 2 heterocycles. The number of para-hydroxylation sites is 2. The van der Waals surface area contributed by atoms with E-state index in [1.165, 1.54) is 0 Å². The minimum absolute atomic E-state index is 0.455. The van der Waals surface area contributed by atoms with E-state index in [0.717, 1.165) is 27.9 Å². The Hall–Kier alpha value is -2.63. The van der Waals surface area contributed by atoms with Gasteiger partial charge < -0.3 is 4.55 Å². The molecule has 118 valence electrons. The molecule has 1 unspecified atom stereocenters. The molecular weight excluding hydrogens is 318 g/mol. The molecule has 1 atom stereocenters. The Balaban J connectivity index is 1.81. The van der Waals surface area contributed by atoms with Crippen molar-refractivity contribution in [1.82, 2.24) is 15.0 Å². The van der Waals surface area contributed by atoms with Gasteiger partial charge in [-0.25, -0.2) is 0 Å². The summed E-state index contributed by atoms with van der Waals surface area (Å²) in [6, 6.07) is 19.2. The van der Waals surface area contributed by atoms with Gasteiger partial charge in [0.1, 0.15) is 0 Å². The van der Waals surface area contributed by atoms with E-state index in [-0.39, 0.29) is 0 Å². The van der Waals surface area contributed by atoms with Gasteiger partial charge in [0.2, 0.25) is 0 Å². The van der Waals surface area contributed by atoms with E-state index in [4.69, 9.17) is 0 Å². The third-order valence-corrected chi connectivity index (χ3v) is 5.12. The van der Waals surface area contributed by atoms with Gasteiger partial charge >= 0.3 is 5.16 Å². The number of imidazole rings is 1. The van der Waals surface area contributed by atoms with Crippen molar-refractivity contribution in [3.63, 3.8) is 0 Å². The molecule has 4 rings (SSSR count). The summed E-state index contributed by atoms with van der Waals surface area (Å²) in [7, 11) is 0. The lowest BCUT2D eigenvalue weighted by Gasteiger charge is -2.11. The van der Waals surface area contributed by atoms with Crippen LogP contribution in [0.5, 0.6) is 0 Å². The van der Waals surface area contributed by atoms with Crippen molar-refractivity contribution < 1.29 is 4.55 Å². The standard InChI is InChI=1S/C19H15N3OS/c1-13-10-11-20-17(12-13)14-6-2-5-9-18(14)24(23)19-21-15-7-3-4-8-16(15)22-19/h2-12H,1H3,(H,21,22). The van der Waals surface area contributed by atoms with E-state index in [2.05, 4.69) is 15.0 Å². The first kappa shape index (κ1) is 14.9. The maximum Gasteiger partial charge on any atom is 0.327 e. The molecule has 0 aliphatic carbocycles. The van der Waals surface area contributed by atoms with Gasteiger partial charge in [0.25, 0.3) is 0 Å². The SMILES string of the molecule is Cc1ccnc(-c2ccccc2[S+]([O-])c2nc3ccccc3[nH]2)c1. The molecule has 0 aliphatic heterocycles. The van der Waals surface area contributed by atoms with Gasteiger partial charge in [-0.1, -0.05) is 24.3 Å². The Bertz CT molecular complexity index is 979. The number of nitrogens with one attached hydrogen (secondary N) is 1. The summed E-state index contributed by atoms with van der Waals surface area (Å²) in [5, 5.41) is 0.455. The summed E-state index contributed by atoms with van der Waals surface area (Å²) >= 11 is -1.40. The van der Waals surface area contributed by atoms with Crippen LogP contribution in [-0.4, -0.2) is 19.5 Å². The van der Waals surface area contributed by atoms with E-state index < -0.39 is 11.2 Å². The van der Waals surface area contributed by atoms with E-state index in [1.54, 1.807) is 6.20 Å². The number of benzene rings is 2. The Kier molecular flexibility index (Phi) is 3.80. The molecule has 0 bridgehead atoms. The molecule has 4 nitrogen and oxygen atoms in total. The lowest BCUT2D eigenvalue weighted by Crippen LogP contribution is -2.06. The average Bonchev–Trinajstić information content (AvgIpc) is 3.05. The third-order valence-electron chi connectivity index (χ3n) is 3.82. The highest BCUT2D eigenvalue weighted by Crippen LogP contribution is 2.30. The van der Waals surface area contributed by atoms with Crippen LogP contribution in [-0.2, 0) is 11.2 Å². The second kappa shape index (κ2) is 6.11. The molecule has 2 aromatic heterocycles. The number of aromatic amines is 1. The molecule has 2 aromatic carbocycles. The molecule has 5 heteroatoms. The number of aryl methyl sites for hydroxylation is 1. The monoisotopic (exact) mass is 333 g/mol. The van der Waals surface area contributed by atoms with Crippen molar-refractivity contribution in [2.75, 3.05) is 0 Å². The second-order valence-electron chi connectivity index (χ2n) is 5.54. The molecule has 0 amide bonds. The van der Waals surface area contributed by atoms with Crippen LogP contribution in [0.25, 0.3) is 22.3 Å². The first-order valence-electron chi connectivity index (χ1n) is 7.61. The predicted octanol–water partition coefficient (Wildman–Crippen LogP) is 4.10. The first-order valence-corrected chi connectivity index (χ1v) is 8.76. The normalized spacial score (nSPS) is 12.4. The third kappa shape index (κ3) is 2.68. The van der Waals surface area contributed by atoms with Crippen molar-refractivity contribution in [3.8, 4) is 11.3 Å². The highest BCUT2D eigenvalue weighted by Gasteiger charge is 2.24. The fourth-order valence-corrected chi connectivity index (χ4v) is 3.81. The molecule has 1 N–H and O–H groups in total. The Morgan fingerprint density at radius 2 is 1.79 bits per heavy atom. The molecule has 0 fully saturated rings. The van der Waals surface area contributed by atoms with Crippen molar-refractivity contribution in [3.05, 3.63) is 72.4 Å². The second-order valence-corrected chi connectivity index (χ2v) is 6.91. The predicted molar refractivity (Wildman–Crippen MR) is 95.2 cm³/mol. The summed E-state index contributed by atoms with van der Waals surface area (Å²) in [4.78, 5) is 12.7. The number of hydrogen-bond donors (Lipinski definition) is 1. The topological polar surface area (TPSA) is 64.6 Å². The van der Waals surface area contributed by atoms with Gasteiger partial charge in [0.15, 0.2) is 4.90 Å². The maximum atomic E-state index is 13.1. The number of pyridine rings is 1. The Labute approximate surface area is 142 Å². The number of rotatable bonds is 3. The van der Waals surface area contributed by atoms with Crippen LogP contribution in [0.2, 0.25) is 0 Å². The summed E-state index contributed by atoms with van der Waals surface area (Å²) in [5.74, 6) is 0. The molecular formula is C19H15N3OS. The van der Waals surface area contributed by atoms with Gasteiger partial charge in [0.05, 0.1) is 33.5 Å². The zero-order chi connectivity index (χ0) is 16.5. The summed E-state index contributed by atoms with van der Waals surface area (Å²) in [6.45, 7) is 2.02. The lowest BCUT2D eigenvalue weighted by molar-refractivity contribution is 0.588. The van der Waals surface area contributed by atoms with Crippen LogP contribution < -0.4 is 0 Å². The summed E-state index contributed by atoms with van der Waals surface area (Å²) in [6.07, 6.45) is 1.77. The van der Waals surface area contributed by atoms with Crippen LogP contribution in [0, 0.1) is 6.92 Å². The number of hydrogen-bond acceptors (Lipinski definition) is 3. The van der Waals surface area contributed by atoms with Crippen LogP contribution >= 0.6 is 0 Å². The largest absolute Gasteiger partial charge is 0.604 e. The van der Waals surface area contributed by atoms with E-state index in [1.807, 2.05) is 67.6 Å². The zero-order valence-electron chi connectivity index (χ0n) is 13.1. The smallest absolute Gasteiger partial charge is 0.327 e. The number of nitrogens with zero attached hydrogens (tertiary/aromatic N) is 2. The molecule has 4 aromatic rings.